The van der Waals surface area contributed by atoms with Crippen molar-refractivity contribution in [3.8, 4) is 0 Å². The normalized spacial score (nSPS) is 15.4. The minimum Gasteiger partial charge on any atom is -0.351 e. The van der Waals surface area contributed by atoms with E-state index >= 15 is 0 Å². The number of likely N-dealkylation sites (N-methyl/N-ethyl adjacent to an activating group) is 1. The van der Waals surface area contributed by atoms with Crippen LogP contribution < -0.4 is 9.80 Å². The molecule has 7 heteroatoms. The molecule has 1 fully saturated rings. The Kier molecular flexibility index (Phi) is 4.23. The van der Waals surface area contributed by atoms with E-state index in [1.165, 1.54) is 0 Å². The quantitative estimate of drug-likeness (QED) is 0.820. The second-order valence-electron chi connectivity index (χ2n) is 6.90. The molecule has 0 aliphatic carbocycles. The maximum Gasteiger partial charge on any atom is 0.225 e. The Morgan fingerprint density at radius 3 is 2.30 bits per heavy atom. The monoisotopic (exact) mass is 376 g/mol. The first kappa shape index (κ1) is 16.1. The summed E-state index contributed by atoms with van der Waals surface area (Å²) in [4.78, 5) is 13.0. The van der Waals surface area contributed by atoms with Crippen LogP contribution in [0.25, 0.3) is 0 Å². The predicted octanol–water partition coefficient (Wildman–Crippen LogP) is 2.65. The number of aromatic nitrogens is 4. The van der Waals surface area contributed by atoms with Gasteiger partial charge in [0.25, 0.3) is 0 Å². The van der Waals surface area contributed by atoms with Crippen molar-refractivity contribution < 1.29 is 0 Å². The van der Waals surface area contributed by atoms with Gasteiger partial charge in [0.1, 0.15) is 0 Å². The molecule has 0 bridgehead atoms. The lowest BCUT2D eigenvalue weighted by Gasteiger charge is -2.44. The molecule has 0 radical (unpaired) electrons. The molecule has 0 amide bonds. The van der Waals surface area contributed by atoms with Crippen LogP contribution in [0, 0.1) is 0 Å². The van der Waals surface area contributed by atoms with Crippen molar-refractivity contribution in [2.75, 3.05) is 29.9 Å². The molecule has 1 saturated heterocycles. The van der Waals surface area contributed by atoms with E-state index in [1.807, 2.05) is 7.05 Å². The maximum atomic E-state index is 4.37. The summed E-state index contributed by atoms with van der Waals surface area (Å²) in [6, 6.07) is 4.51. The van der Waals surface area contributed by atoms with Crippen molar-refractivity contribution in [1.82, 2.24) is 20.2 Å². The number of hydrogen-bond acceptors (Lipinski definition) is 6. The Hall–Kier alpha value is -1.76. The summed E-state index contributed by atoms with van der Waals surface area (Å²) in [6.07, 6.45) is 3.54. The van der Waals surface area contributed by atoms with Crippen LogP contribution in [0.5, 0.6) is 0 Å². The molecule has 6 nitrogen and oxygen atoms in total. The van der Waals surface area contributed by atoms with Gasteiger partial charge in [-0.05, 0) is 28.1 Å². The molecule has 0 aromatic carbocycles. The van der Waals surface area contributed by atoms with Crippen LogP contribution >= 0.6 is 15.9 Å². The first-order valence-electron chi connectivity index (χ1n) is 7.64. The lowest BCUT2D eigenvalue weighted by molar-refractivity contribution is 0.482. The number of halogens is 1. The second kappa shape index (κ2) is 6.03. The maximum absolute atomic E-state index is 4.37. The minimum absolute atomic E-state index is 0.0299. The van der Waals surface area contributed by atoms with Crippen LogP contribution in [0.4, 0.5) is 11.8 Å². The molecule has 0 saturated carbocycles. The lowest BCUT2D eigenvalue weighted by atomic mass is 9.92. The molecule has 3 heterocycles. The van der Waals surface area contributed by atoms with Crippen LogP contribution in [-0.2, 0) is 5.41 Å². The Labute approximate surface area is 145 Å². The minimum atomic E-state index is 0.0299. The van der Waals surface area contributed by atoms with Crippen LogP contribution in [0.2, 0.25) is 0 Å². The van der Waals surface area contributed by atoms with Gasteiger partial charge >= 0.3 is 0 Å². The van der Waals surface area contributed by atoms with Gasteiger partial charge < -0.3 is 9.80 Å². The summed E-state index contributed by atoms with van der Waals surface area (Å²) in [5.41, 5.74) is 1.04. The molecule has 0 atom stereocenters. The smallest absolute Gasteiger partial charge is 0.225 e. The molecular formula is C16H21BrN6. The SMILES string of the molecule is CN(c1ncc(Br)cn1)C1CN(c2ccc(C(C)(C)C)nn2)C1. The van der Waals surface area contributed by atoms with E-state index in [1.54, 1.807) is 12.4 Å². The number of nitrogens with zero attached hydrogens (tertiary/aromatic N) is 6. The molecule has 1 aliphatic rings. The molecule has 2 aromatic rings. The van der Waals surface area contributed by atoms with Crippen molar-refractivity contribution in [2.45, 2.75) is 32.2 Å². The summed E-state index contributed by atoms with van der Waals surface area (Å²) < 4.78 is 0.888. The average Bonchev–Trinajstić information content (AvgIpc) is 2.46. The molecule has 23 heavy (non-hydrogen) atoms. The third-order valence-corrected chi connectivity index (χ3v) is 4.48. The molecule has 122 valence electrons. The topological polar surface area (TPSA) is 58.0 Å². The standard InChI is InChI=1S/C16H21BrN6/c1-16(2,3)13-5-6-14(21-20-13)23-9-12(10-23)22(4)15-18-7-11(17)8-19-15/h5-8,12H,9-10H2,1-4H3. The summed E-state index contributed by atoms with van der Waals surface area (Å²) >= 11 is 3.36. The zero-order valence-corrected chi connectivity index (χ0v) is 15.4. The van der Waals surface area contributed by atoms with Gasteiger partial charge in [-0.25, -0.2) is 9.97 Å². The highest BCUT2D eigenvalue weighted by Crippen LogP contribution is 2.25. The molecular weight excluding hydrogens is 356 g/mol. The summed E-state index contributed by atoms with van der Waals surface area (Å²) in [7, 11) is 2.03. The molecule has 2 aromatic heterocycles. The highest BCUT2D eigenvalue weighted by Gasteiger charge is 2.32. The third-order valence-electron chi connectivity index (χ3n) is 4.08. The Morgan fingerprint density at radius 1 is 1.13 bits per heavy atom. The van der Waals surface area contributed by atoms with Gasteiger partial charge in [-0.3, -0.25) is 0 Å². The molecule has 1 aliphatic heterocycles. The Balaban J connectivity index is 1.61. The average molecular weight is 377 g/mol. The van der Waals surface area contributed by atoms with Gasteiger partial charge in [-0.1, -0.05) is 20.8 Å². The highest BCUT2D eigenvalue weighted by atomic mass is 79.9. The van der Waals surface area contributed by atoms with Gasteiger partial charge in [-0.2, -0.15) is 5.10 Å². The fourth-order valence-electron chi connectivity index (χ4n) is 2.43. The van der Waals surface area contributed by atoms with Crippen LogP contribution in [0.1, 0.15) is 26.5 Å². The van der Waals surface area contributed by atoms with E-state index in [2.05, 4.69) is 78.8 Å². The van der Waals surface area contributed by atoms with E-state index in [0.717, 1.165) is 35.0 Å². The Morgan fingerprint density at radius 2 is 1.78 bits per heavy atom. The Bertz CT molecular complexity index is 658. The number of rotatable bonds is 3. The fraction of sp³-hybridized carbons (Fsp3) is 0.500. The van der Waals surface area contributed by atoms with Gasteiger partial charge in [0.15, 0.2) is 5.82 Å². The van der Waals surface area contributed by atoms with Gasteiger partial charge in [-0.15, -0.1) is 5.10 Å². The van der Waals surface area contributed by atoms with Crippen molar-refractivity contribution in [3.63, 3.8) is 0 Å². The first-order chi connectivity index (χ1) is 10.8. The van der Waals surface area contributed by atoms with Gasteiger partial charge in [0, 0.05) is 37.9 Å². The van der Waals surface area contributed by atoms with Gasteiger partial charge in [0.2, 0.25) is 5.95 Å². The molecule has 0 N–H and O–H groups in total. The zero-order chi connectivity index (χ0) is 16.6. The second-order valence-corrected chi connectivity index (χ2v) is 7.81. The van der Waals surface area contributed by atoms with Crippen LogP contribution in [0.15, 0.2) is 29.0 Å². The van der Waals surface area contributed by atoms with Crippen LogP contribution in [0.3, 0.4) is 0 Å². The number of hydrogen-bond donors (Lipinski definition) is 0. The van der Waals surface area contributed by atoms with Crippen molar-refractivity contribution in [2.24, 2.45) is 0 Å². The summed E-state index contributed by atoms with van der Waals surface area (Å²) in [5, 5.41) is 8.72. The largest absolute Gasteiger partial charge is 0.351 e. The van der Waals surface area contributed by atoms with Crippen molar-refractivity contribution in [3.05, 3.63) is 34.7 Å². The van der Waals surface area contributed by atoms with E-state index in [-0.39, 0.29) is 5.41 Å². The van der Waals surface area contributed by atoms with E-state index in [4.69, 9.17) is 0 Å². The first-order valence-corrected chi connectivity index (χ1v) is 8.43. The molecule has 3 rings (SSSR count). The third kappa shape index (κ3) is 3.44. The molecule has 0 unspecified atom stereocenters. The summed E-state index contributed by atoms with van der Waals surface area (Å²) in [6.45, 7) is 8.23. The number of anilines is 2. The summed E-state index contributed by atoms with van der Waals surface area (Å²) in [5.74, 6) is 1.67. The van der Waals surface area contributed by atoms with E-state index < -0.39 is 0 Å². The van der Waals surface area contributed by atoms with E-state index in [0.29, 0.717) is 6.04 Å². The van der Waals surface area contributed by atoms with Crippen molar-refractivity contribution >= 4 is 27.7 Å². The van der Waals surface area contributed by atoms with Gasteiger partial charge in [0.05, 0.1) is 16.2 Å². The lowest BCUT2D eigenvalue weighted by Crippen LogP contribution is -2.59. The highest BCUT2D eigenvalue weighted by molar-refractivity contribution is 9.10. The fourth-order valence-corrected chi connectivity index (χ4v) is 2.64. The van der Waals surface area contributed by atoms with E-state index in [9.17, 15) is 0 Å². The zero-order valence-electron chi connectivity index (χ0n) is 13.9. The van der Waals surface area contributed by atoms with Crippen molar-refractivity contribution in [1.29, 1.82) is 0 Å². The van der Waals surface area contributed by atoms with Crippen LogP contribution in [-0.4, -0.2) is 46.3 Å². The molecule has 0 spiro atoms. The predicted molar refractivity (Wildman–Crippen MR) is 94.9 cm³/mol.